The Morgan fingerprint density at radius 2 is 2.00 bits per heavy atom. The van der Waals surface area contributed by atoms with E-state index in [0.29, 0.717) is 12.5 Å². The summed E-state index contributed by atoms with van der Waals surface area (Å²) in [5.41, 5.74) is 4.71. The summed E-state index contributed by atoms with van der Waals surface area (Å²) in [5, 5.41) is 3.13. The molecule has 0 aliphatic carbocycles. The van der Waals surface area contributed by atoms with Gasteiger partial charge in [0.15, 0.2) is 0 Å². The van der Waals surface area contributed by atoms with Crippen LogP contribution in [0.1, 0.15) is 6.92 Å². The average Bonchev–Trinajstić information content (AvgIpc) is 2.48. The van der Waals surface area contributed by atoms with E-state index < -0.39 is 0 Å². The molecule has 6 heteroatoms. The molecule has 1 aliphatic rings. The summed E-state index contributed by atoms with van der Waals surface area (Å²) < 4.78 is 5.35. The zero-order valence-electron chi connectivity index (χ0n) is 11.2. The Kier molecular flexibility index (Phi) is 5.00. The molecule has 0 radical (unpaired) electrons. The van der Waals surface area contributed by atoms with E-state index in [9.17, 15) is 0 Å². The number of nitrogens with two attached hydrogens (primary N) is 1. The lowest BCUT2D eigenvalue weighted by Crippen LogP contribution is -2.37. The molecule has 0 unspecified atom stereocenters. The lowest BCUT2D eigenvalue weighted by atomic mass is 10.2. The minimum absolute atomic E-state index is 0.571. The summed E-state index contributed by atoms with van der Waals surface area (Å²) in [6.07, 6.45) is 0. The van der Waals surface area contributed by atoms with Crippen LogP contribution in [0.2, 0.25) is 0 Å². The van der Waals surface area contributed by atoms with Gasteiger partial charge in [-0.15, -0.1) is 0 Å². The third-order valence-corrected chi connectivity index (χ3v) is 2.96. The van der Waals surface area contributed by atoms with Gasteiger partial charge in [-0.25, -0.2) is 5.84 Å². The molecule has 0 atom stereocenters. The SMILES string of the molecule is CCN=C(NN)Nc1ccc(N2CCOCC2)cc1. The zero-order chi connectivity index (χ0) is 13.5. The topological polar surface area (TPSA) is 74.9 Å². The van der Waals surface area contributed by atoms with E-state index in [1.165, 1.54) is 5.69 Å². The maximum atomic E-state index is 5.39. The molecule has 1 fully saturated rings. The molecule has 1 heterocycles. The number of nitrogens with zero attached hydrogens (tertiary/aromatic N) is 2. The van der Waals surface area contributed by atoms with Crippen LogP contribution in [0.4, 0.5) is 11.4 Å². The van der Waals surface area contributed by atoms with Crippen molar-refractivity contribution in [1.29, 1.82) is 0 Å². The second kappa shape index (κ2) is 6.96. The lowest BCUT2D eigenvalue weighted by Gasteiger charge is -2.28. The first kappa shape index (κ1) is 13.6. The van der Waals surface area contributed by atoms with E-state index in [2.05, 4.69) is 32.8 Å². The number of nitrogens with one attached hydrogen (secondary N) is 2. The minimum atomic E-state index is 0.571. The Labute approximate surface area is 113 Å². The second-order valence-electron chi connectivity index (χ2n) is 4.24. The van der Waals surface area contributed by atoms with Crippen molar-refractivity contribution in [2.45, 2.75) is 6.92 Å². The van der Waals surface area contributed by atoms with Crippen molar-refractivity contribution in [2.24, 2.45) is 10.8 Å². The van der Waals surface area contributed by atoms with Crippen LogP contribution in [-0.4, -0.2) is 38.8 Å². The molecule has 0 amide bonds. The summed E-state index contributed by atoms with van der Waals surface area (Å²) in [5.74, 6) is 5.96. The molecule has 0 aromatic heterocycles. The van der Waals surface area contributed by atoms with Crippen LogP contribution >= 0.6 is 0 Å². The van der Waals surface area contributed by atoms with Gasteiger partial charge in [-0.05, 0) is 31.2 Å². The highest BCUT2D eigenvalue weighted by Crippen LogP contribution is 2.18. The van der Waals surface area contributed by atoms with E-state index in [0.717, 1.165) is 32.0 Å². The number of hydrogen-bond donors (Lipinski definition) is 3. The van der Waals surface area contributed by atoms with Gasteiger partial charge in [0.05, 0.1) is 13.2 Å². The van der Waals surface area contributed by atoms with Crippen molar-refractivity contribution in [3.05, 3.63) is 24.3 Å². The molecular weight excluding hydrogens is 242 g/mol. The molecular formula is C13H21N5O. The van der Waals surface area contributed by atoms with Gasteiger partial charge in [-0.3, -0.25) is 10.4 Å². The molecule has 0 bridgehead atoms. The third kappa shape index (κ3) is 3.84. The van der Waals surface area contributed by atoms with Crippen LogP contribution in [0, 0.1) is 0 Å². The molecule has 4 N–H and O–H groups in total. The van der Waals surface area contributed by atoms with Crippen molar-refractivity contribution in [2.75, 3.05) is 43.1 Å². The van der Waals surface area contributed by atoms with Gasteiger partial charge < -0.3 is 15.0 Å². The van der Waals surface area contributed by atoms with Crippen LogP contribution < -0.4 is 21.5 Å². The number of guanidine groups is 1. The number of aliphatic imine (C=N–C) groups is 1. The molecule has 104 valence electrons. The highest BCUT2D eigenvalue weighted by atomic mass is 16.5. The molecule has 1 aromatic rings. The predicted octanol–water partition coefficient (Wildman–Crippen LogP) is 0.774. The van der Waals surface area contributed by atoms with Crippen molar-refractivity contribution in [3.8, 4) is 0 Å². The first-order chi connectivity index (χ1) is 9.33. The van der Waals surface area contributed by atoms with Crippen LogP contribution in [0.15, 0.2) is 29.3 Å². The van der Waals surface area contributed by atoms with Gasteiger partial charge in [0.1, 0.15) is 0 Å². The quantitative estimate of drug-likeness (QED) is 0.325. The fraction of sp³-hybridized carbons (Fsp3) is 0.462. The number of rotatable bonds is 3. The van der Waals surface area contributed by atoms with E-state index in [1.54, 1.807) is 0 Å². The fourth-order valence-electron chi connectivity index (χ4n) is 1.99. The minimum Gasteiger partial charge on any atom is -0.378 e. The number of anilines is 2. The maximum absolute atomic E-state index is 5.39. The van der Waals surface area contributed by atoms with Gasteiger partial charge >= 0.3 is 0 Å². The molecule has 2 rings (SSSR count). The normalized spacial score (nSPS) is 16.3. The van der Waals surface area contributed by atoms with Crippen molar-refractivity contribution < 1.29 is 4.74 Å². The van der Waals surface area contributed by atoms with Gasteiger partial charge in [0, 0.05) is 31.0 Å². The Bertz CT molecular complexity index is 412. The number of hydrazine groups is 1. The van der Waals surface area contributed by atoms with E-state index >= 15 is 0 Å². The van der Waals surface area contributed by atoms with Crippen molar-refractivity contribution in [1.82, 2.24) is 5.43 Å². The molecule has 1 aromatic carbocycles. The molecule has 0 saturated carbocycles. The summed E-state index contributed by atoms with van der Waals surface area (Å²) in [6, 6.07) is 8.22. The largest absolute Gasteiger partial charge is 0.378 e. The second-order valence-corrected chi connectivity index (χ2v) is 4.24. The van der Waals surface area contributed by atoms with Crippen LogP contribution in [0.25, 0.3) is 0 Å². The number of hydrogen-bond acceptors (Lipinski definition) is 4. The van der Waals surface area contributed by atoms with Gasteiger partial charge in [0.25, 0.3) is 0 Å². The molecule has 19 heavy (non-hydrogen) atoms. The Morgan fingerprint density at radius 1 is 1.32 bits per heavy atom. The molecule has 1 saturated heterocycles. The molecule has 6 nitrogen and oxygen atoms in total. The van der Waals surface area contributed by atoms with Crippen LogP contribution in [-0.2, 0) is 4.74 Å². The maximum Gasteiger partial charge on any atom is 0.210 e. The number of benzene rings is 1. The zero-order valence-corrected chi connectivity index (χ0v) is 11.2. The average molecular weight is 263 g/mol. The Hall–Kier alpha value is -1.79. The van der Waals surface area contributed by atoms with Gasteiger partial charge in [-0.1, -0.05) is 0 Å². The third-order valence-electron chi connectivity index (χ3n) is 2.96. The number of morpholine rings is 1. The lowest BCUT2D eigenvalue weighted by molar-refractivity contribution is 0.122. The predicted molar refractivity (Wildman–Crippen MR) is 78.4 cm³/mol. The summed E-state index contributed by atoms with van der Waals surface area (Å²) in [7, 11) is 0. The smallest absolute Gasteiger partial charge is 0.210 e. The molecule has 0 spiro atoms. The van der Waals surface area contributed by atoms with E-state index in [1.807, 2.05) is 19.1 Å². The highest BCUT2D eigenvalue weighted by Gasteiger charge is 2.10. The monoisotopic (exact) mass is 263 g/mol. The Morgan fingerprint density at radius 3 is 2.58 bits per heavy atom. The van der Waals surface area contributed by atoms with Crippen LogP contribution in [0.3, 0.4) is 0 Å². The Balaban J connectivity index is 1.99. The number of ether oxygens (including phenoxy) is 1. The standard InChI is InChI=1S/C13H21N5O/c1-2-15-13(17-14)16-11-3-5-12(6-4-11)18-7-9-19-10-8-18/h3-6H,2,7-10,14H2,1H3,(H2,15,16,17). The van der Waals surface area contributed by atoms with Crippen molar-refractivity contribution in [3.63, 3.8) is 0 Å². The first-order valence-electron chi connectivity index (χ1n) is 6.54. The van der Waals surface area contributed by atoms with E-state index in [-0.39, 0.29) is 0 Å². The fourth-order valence-corrected chi connectivity index (χ4v) is 1.99. The summed E-state index contributed by atoms with van der Waals surface area (Å²) in [4.78, 5) is 6.51. The van der Waals surface area contributed by atoms with Gasteiger partial charge in [0.2, 0.25) is 5.96 Å². The molecule has 1 aliphatic heterocycles. The van der Waals surface area contributed by atoms with E-state index in [4.69, 9.17) is 10.6 Å². The highest BCUT2D eigenvalue weighted by molar-refractivity contribution is 5.93. The van der Waals surface area contributed by atoms with Gasteiger partial charge in [-0.2, -0.15) is 0 Å². The van der Waals surface area contributed by atoms with Crippen LogP contribution in [0.5, 0.6) is 0 Å². The van der Waals surface area contributed by atoms with Crippen molar-refractivity contribution >= 4 is 17.3 Å². The summed E-state index contributed by atoms with van der Waals surface area (Å²) >= 11 is 0. The first-order valence-corrected chi connectivity index (χ1v) is 6.54. The summed E-state index contributed by atoms with van der Waals surface area (Å²) in [6.45, 7) is 6.12.